The second-order valence-corrected chi connectivity index (χ2v) is 5.25. The van der Waals surface area contributed by atoms with Crippen LogP contribution >= 0.6 is 0 Å². The summed E-state index contributed by atoms with van der Waals surface area (Å²) in [6.45, 7) is 0.379. The van der Waals surface area contributed by atoms with Crippen molar-refractivity contribution >= 4 is 0 Å². The number of fused-ring (bicyclic) bond motifs is 1. The molecule has 116 valence electrons. The van der Waals surface area contributed by atoms with E-state index < -0.39 is 18.4 Å². The Hall–Kier alpha value is -1.02. The molecule has 21 heavy (non-hydrogen) atoms. The van der Waals surface area contributed by atoms with Crippen LogP contribution in [0, 0.1) is 0 Å². The Morgan fingerprint density at radius 2 is 1.90 bits per heavy atom. The minimum atomic E-state index is -1.52. The molecule has 0 amide bonds. The van der Waals surface area contributed by atoms with Gasteiger partial charge in [-0.3, -0.25) is 0 Å². The van der Waals surface area contributed by atoms with E-state index in [0.717, 1.165) is 5.56 Å². The van der Waals surface area contributed by atoms with Crippen molar-refractivity contribution in [2.24, 2.45) is 0 Å². The highest BCUT2D eigenvalue weighted by molar-refractivity contribution is 5.16. The van der Waals surface area contributed by atoms with Crippen molar-refractivity contribution in [3.05, 3.63) is 35.9 Å². The summed E-state index contributed by atoms with van der Waals surface area (Å²) in [5, 5.41) is 10.4. The number of benzene rings is 1. The molecule has 1 aromatic carbocycles. The maximum absolute atomic E-state index is 10.4. The second-order valence-electron chi connectivity index (χ2n) is 5.25. The van der Waals surface area contributed by atoms with Gasteiger partial charge in [0.05, 0.1) is 12.7 Å². The summed E-state index contributed by atoms with van der Waals surface area (Å²) < 4.78 is 27.6. The molecule has 0 saturated carbocycles. The highest BCUT2D eigenvalue weighted by Crippen LogP contribution is 2.38. The molecule has 2 saturated heterocycles. The summed E-state index contributed by atoms with van der Waals surface area (Å²) in [6.07, 6.45) is -1.66. The van der Waals surface area contributed by atoms with E-state index in [2.05, 4.69) is 0 Å². The van der Waals surface area contributed by atoms with Crippen LogP contribution in [0.3, 0.4) is 0 Å². The molecule has 0 bridgehead atoms. The molecule has 5 unspecified atom stereocenters. The van der Waals surface area contributed by atoms with Crippen LogP contribution in [0.2, 0.25) is 0 Å². The van der Waals surface area contributed by atoms with Gasteiger partial charge in [0.2, 0.25) is 12.1 Å². The average Bonchev–Trinajstić information content (AvgIpc) is 2.54. The van der Waals surface area contributed by atoms with Crippen LogP contribution in [-0.4, -0.2) is 50.2 Å². The van der Waals surface area contributed by atoms with Gasteiger partial charge < -0.3 is 28.8 Å². The van der Waals surface area contributed by atoms with Crippen molar-refractivity contribution in [3.8, 4) is 0 Å². The van der Waals surface area contributed by atoms with E-state index in [1.54, 1.807) is 0 Å². The fraction of sp³-hybridized carbons (Fsp3) is 0.600. The Bertz CT molecular complexity index is 466. The van der Waals surface area contributed by atoms with E-state index in [-0.39, 0.29) is 18.6 Å². The van der Waals surface area contributed by atoms with Gasteiger partial charge in [-0.25, -0.2) is 0 Å². The SMILES string of the molecule is COC1OC2COC(c3ccccc3)OC2CC1(O)OC. The fourth-order valence-electron chi connectivity index (χ4n) is 2.74. The lowest BCUT2D eigenvalue weighted by molar-refractivity contribution is -0.403. The first-order valence-electron chi connectivity index (χ1n) is 6.94. The zero-order valence-corrected chi connectivity index (χ0v) is 12.1. The minimum absolute atomic E-state index is 0.263. The van der Waals surface area contributed by atoms with Crippen LogP contribution in [0.1, 0.15) is 18.3 Å². The third-order valence-electron chi connectivity index (χ3n) is 3.92. The number of methoxy groups -OCH3 is 2. The quantitative estimate of drug-likeness (QED) is 0.845. The molecule has 0 aliphatic carbocycles. The van der Waals surface area contributed by atoms with Crippen LogP contribution in [0.4, 0.5) is 0 Å². The highest BCUT2D eigenvalue weighted by atomic mass is 16.8. The standard InChI is InChI=1S/C15H20O6/c1-17-14-15(16,18-2)8-11-12(21-14)9-19-13(20-11)10-6-4-3-5-7-10/h3-7,11-14,16H,8-9H2,1-2H3. The third-order valence-corrected chi connectivity index (χ3v) is 3.92. The lowest BCUT2D eigenvalue weighted by Gasteiger charge is -2.47. The molecule has 5 atom stereocenters. The van der Waals surface area contributed by atoms with E-state index in [1.807, 2.05) is 30.3 Å². The summed E-state index contributed by atoms with van der Waals surface area (Å²) in [4.78, 5) is 0. The van der Waals surface area contributed by atoms with Gasteiger partial charge >= 0.3 is 0 Å². The van der Waals surface area contributed by atoms with Crippen LogP contribution in [0.25, 0.3) is 0 Å². The van der Waals surface area contributed by atoms with Crippen LogP contribution in [0.5, 0.6) is 0 Å². The van der Waals surface area contributed by atoms with Crippen molar-refractivity contribution in [2.45, 2.75) is 37.0 Å². The normalized spacial score (nSPS) is 39.8. The predicted octanol–water partition coefficient (Wildman–Crippen LogP) is 1.20. The van der Waals surface area contributed by atoms with Gasteiger partial charge in [0.1, 0.15) is 6.10 Å². The number of ether oxygens (including phenoxy) is 5. The molecular weight excluding hydrogens is 276 g/mol. The molecule has 0 spiro atoms. The Kier molecular flexibility index (Phi) is 4.26. The Labute approximate surface area is 123 Å². The number of aliphatic hydroxyl groups is 1. The molecule has 2 fully saturated rings. The van der Waals surface area contributed by atoms with Crippen molar-refractivity contribution in [1.82, 2.24) is 0 Å². The molecule has 2 heterocycles. The van der Waals surface area contributed by atoms with Gasteiger partial charge in [0.25, 0.3) is 0 Å². The van der Waals surface area contributed by atoms with Gasteiger partial charge in [-0.1, -0.05) is 30.3 Å². The molecule has 1 aromatic rings. The van der Waals surface area contributed by atoms with Crippen LogP contribution in [0.15, 0.2) is 30.3 Å². The molecule has 3 rings (SSSR count). The molecule has 0 aromatic heterocycles. The number of hydrogen-bond acceptors (Lipinski definition) is 6. The topological polar surface area (TPSA) is 66.4 Å². The van der Waals surface area contributed by atoms with E-state index >= 15 is 0 Å². The minimum Gasteiger partial charge on any atom is -0.361 e. The van der Waals surface area contributed by atoms with E-state index in [1.165, 1.54) is 14.2 Å². The lowest BCUT2D eigenvalue weighted by Crippen LogP contribution is -2.60. The van der Waals surface area contributed by atoms with Gasteiger partial charge in [-0.2, -0.15) is 0 Å². The summed E-state index contributed by atoms with van der Waals surface area (Å²) in [7, 11) is 2.88. The predicted molar refractivity (Wildman–Crippen MR) is 72.3 cm³/mol. The van der Waals surface area contributed by atoms with E-state index in [9.17, 15) is 5.11 Å². The van der Waals surface area contributed by atoms with Crippen molar-refractivity contribution in [3.63, 3.8) is 0 Å². The van der Waals surface area contributed by atoms with Crippen LogP contribution in [-0.2, 0) is 23.7 Å². The summed E-state index contributed by atoms with van der Waals surface area (Å²) in [6, 6.07) is 9.67. The highest BCUT2D eigenvalue weighted by Gasteiger charge is 2.51. The molecule has 0 radical (unpaired) electrons. The largest absolute Gasteiger partial charge is 0.361 e. The first kappa shape index (κ1) is 14.9. The molecule has 1 N–H and O–H groups in total. The van der Waals surface area contributed by atoms with Gasteiger partial charge in [-0.15, -0.1) is 0 Å². The smallest absolute Gasteiger partial charge is 0.220 e. The Morgan fingerprint density at radius 3 is 2.57 bits per heavy atom. The molecule has 2 aliphatic heterocycles. The fourth-order valence-corrected chi connectivity index (χ4v) is 2.74. The maximum Gasteiger partial charge on any atom is 0.220 e. The van der Waals surface area contributed by atoms with Crippen molar-refractivity contribution in [2.75, 3.05) is 20.8 Å². The van der Waals surface area contributed by atoms with Crippen molar-refractivity contribution in [1.29, 1.82) is 0 Å². The van der Waals surface area contributed by atoms with Gasteiger partial charge in [0, 0.05) is 26.2 Å². The molecule has 2 aliphatic rings. The second kappa shape index (κ2) is 6.00. The number of rotatable bonds is 3. The Morgan fingerprint density at radius 1 is 1.14 bits per heavy atom. The third kappa shape index (κ3) is 2.83. The van der Waals surface area contributed by atoms with Gasteiger partial charge in [-0.05, 0) is 0 Å². The zero-order chi connectivity index (χ0) is 14.9. The average molecular weight is 296 g/mol. The molecule has 6 nitrogen and oxygen atoms in total. The summed E-state index contributed by atoms with van der Waals surface area (Å²) >= 11 is 0. The summed E-state index contributed by atoms with van der Waals surface area (Å²) in [5.41, 5.74) is 0.936. The van der Waals surface area contributed by atoms with E-state index in [4.69, 9.17) is 23.7 Å². The Balaban J connectivity index is 1.73. The molecule has 6 heteroatoms. The summed E-state index contributed by atoms with van der Waals surface area (Å²) in [5.74, 6) is -1.52. The van der Waals surface area contributed by atoms with Crippen molar-refractivity contribution < 1.29 is 28.8 Å². The lowest BCUT2D eigenvalue weighted by atomic mass is 9.98. The number of hydrogen-bond donors (Lipinski definition) is 1. The zero-order valence-electron chi connectivity index (χ0n) is 12.1. The first-order valence-corrected chi connectivity index (χ1v) is 6.94. The van der Waals surface area contributed by atoms with Gasteiger partial charge in [0.15, 0.2) is 6.29 Å². The monoisotopic (exact) mass is 296 g/mol. The van der Waals surface area contributed by atoms with E-state index in [0.29, 0.717) is 6.61 Å². The molecular formula is C15H20O6. The maximum atomic E-state index is 10.4. The first-order chi connectivity index (χ1) is 10.2. The van der Waals surface area contributed by atoms with Crippen LogP contribution < -0.4 is 0 Å².